The van der Waals surface area contributed by atoms with Crippen molar-refractivity contribution in [2.75, 3.05) is 18.1 Å². The van der Waals surface area contributed by atoms with Crippen LogP contribution in [0.5, 0.6) is 0 Å². The first-order valence-electron chi connectivity index (χ1n) is 10.3. The van der Waals surface area contributed by atoms with Crippen molar-refractivity contribution >= 4 is 38.2 Å². The summed E-state index contributed by atoms with van der Waals surface area (Å²) in [6.07, 6.45) is 3.90. The van der Waals surface area contributed by atoms with Crippen molar-refractivity contribution in [2.24, 2.45) is 0 Å². The van der Waals surface area contributed by atoms with Gasteiger partial charge in [-0.25, -0.2) is 9.97 Å². The summed E-state index contributed by atoms with van der Waals surface area (Å²) in [7, 11) is 0. The number of benzene rings is 1. The second-order valence-corrected chi connectivity index (χ2v) is 8.88. The number of pyridine rings is 1. The highest BCUT2D eigenvalue weighted by Crippen LogP contribution is 2.34. The summed E-state index contributed by atoms with van der Waals surface area (Å²) in [5, 5.41) is 0.716. The van der Waals surface area contributed by atoms with E-state index in [4.69, 9.17) is 9.72 Å². The lowest BCUT2D eigenvalue weighted by molar-refractivity contribution is 0.0912. The highest BCUT2D eigenvalue weighted by molar-refractivity contribution is 7.22. The Hall–Kier alpha value is -2.77. The third kappa shape index (κ3) is 3.18. The number of aryl methyl sites for hydroxylation is 3. The molecule has 0 bridgehead atoms. The highest BCUT2D eigenvalue weighted by Gasteiger charge is 2.30. The molecule has 1 amide bonds. The Morgan fingerprint density at radius 3 is 2.80 bits per heavy atom. The fourth-order valence-corrected chi connectivity index (χ4v) is 5.22. The molecular formula is C23H24N4O2S. The summed E-state index contributed by atoms with van der Waals surface area (Å²) in [6, 6.07) is 9.96. The van der Waals surface area contributed by atoms with Crippen LogP contribution in [0.4, 0.5) is 5.13 Å². The van der Waals surface area contributed by atoms with Gasteiger partial charge in [-0.05, 0) is 56.9 Å². The van der Waals surface area contributed by atoms with E-state index >= 15 is 0 Å². The predicted octanol–water partition coefficient (Wildman–Crippen LogP) is 4.70. The number of nitrogens with zero attached hydrogens (tertiary/aromatic N) is 4. The number of aromatic nitrogens is 3. The summed E-state index contributed by atoms with van der Waals surface area (Å²) in [5.41, 5.74) is 5.33. The van der Waals surface area contributed by atoms with Gasteiger partial charge in [-0.2, -0.15) is 0 Å². The second-order valence-electron chi connectivity index (χ2n) is 7.90. The molecule has 0 aliphatic carbocycles. The normalized spacial score (nSPS) is 16.6. The zero-order valence-electron chi connectivity index (χ0n) is 17.4. The molecule has 5 rings (SSSR count). The number of hydrogen-bond donors (Lipinski definition) is 0. The van der Waals surface area contributed by atoms with Crippen molar-refractivity contribution in [2.45, 2.75) is 39.7 Å². The maximum Gasteiger partial charge on any atom is 0.279 e. The van der Waals surface area contributed by atoms with E-state index in [1.54, 1.807) is 16.2 Å². The number of fused-ring (bicyclic) bond motifs is 2. The number of carbonyl (C=O) groups is 1. The molecule has 0 spiro atoms. The van der Waals surface area contributed by atoms with Gasteiger partial charge >= 0.3 is 0 Å². The van der Waals surface area contributed by atoms with E-state index in [-0.39, 0.29) is 12.0 Å². The van der Waals surface area contributed by atoms with Gasteiger partial charge in [0.15, 0.2) is 5.13 Å². The molecule has 0 saturated carbocycles. The zero-order valence-corrected chi connectivity index (χ0v) is 18.2. The number of anilines is 1. The first-order valence-corrected chi connectivity index (χ1v) is 11.1. The van der Waals surface area contributed by atoms with Gasteiger partial charge in [-0.1, -0.05) is 29.5 Å². The molecule has 1 atom stereocenters. The van der Waals surface area contributed by atoms with Crippen LogP contribution in [0.2, 0.25) is 0 Å². The monoisotopic (exact) mass is 420 g/mol. The Kier molecular flexibility index (Phi) is 4.79. The molecule has 1 unspecified atom stereocenters. The minimum absolute atomic E-state index is 0.0302. The van der Waals surface area contributed by atoms with Crippen LogP contribution in [0.25, 0.3) is 15.9 Å². The summed E-state index contributed by atoms with van der Waals surface area (Å²) < 4.78 is 8.87. The molecule has 154 valence electrons. The molecule has 4 aromatic rings. The topological polar surface area (TPSA) is 59.7 Å². The van der Waals surface area contributed by atoms with Crippen LogP contribution < -0.4 is 4.90 Å². The molecule has 30 heavy (non-hydrogen) atoms. The average molecular weight is 421 g/mol. The van der Waals surface area contributed by atoms with Crippen molar-refractivity contribution in [1.29, 1.82) is 0 Å². The third-order valence-electron chi connectivity index (χ3n) is 5.72. The molecule has 1 saturated heterocycles. The Balaban J connectivity index is 1.63. The van der Waals surface area contributed by atoms with Gasteiger partial charge in [0.25, 0.3) is 5.91 Å². The summed E-state index contributed by atoms with van der Waals surface area (Å²) in [5.74, 6) is -0.0870. The average Bonchev–Trinajstić information content (AvgIpc) is 3.46. The molecule has 4 heterocycles. The van der Waals surface area contributed by atoms with Crippen LogP contribution in [-0.4, -0.2) is 39.5 Å². The SMILES string of the molecule is Cc1nc2ccccn2c1C(=O)N(CC1CCCO1)c1nc2c(C)ccc(C)c2s1. The van der Waals surface area contributed by atoms with E-state index in [2.05, 4.69) is 31.0 Å². The maximum absolute atomic E-state index is 13.9. The van der Waals surface area contributed by atoms with Crippen molar-refractivity contribution in [3.8, 4) is 0 Å². The number of thiazole rings is 1. The Labute approximate surface area is 179 Å². The minimum Gasteiger partial charge on any atom is -0.376 e. The van der Waals surface area contributed by atoms with Gasteiger partial charge in [-0.15, -0.1) is 0 Å². The van der Waals surface area contributed by atoms with Crippen LogP contribution >= 0.6 is 11.3 Å². The Morgan fingerprint density at radius 2 is 2.03 bits per heavy atom. The van der Waals surface area contributed by atoms with Crippen LogP contribution in [0.15, 0.2) is 36.5 Å². The molecule has 1 aliphatic rings. The van der Waals surface area contributed by atoms with E-state index in [0.717, 1.165) is 46.6 Å². The standard InChI is InChI=1S/C23H24N4O2S/c1-14-9-10-15(2)21-19(14)25-23(30-21)27(13-17-7-6-12-29-17)22(28)20-16(3)24-18-8-4-5-11-26(18)20/h4-5,8-11,17H,6-7,12-13H2,1-3H3. The third-order valence-corrected chi connectivity index (χ3v) is 6.94. The fraction of sp³-hybridized carbons (Fsp3) is 0.348. The van der Waals surface area contributed by atoms with E-state index < -0.39 is 0 Å². The summed E-state index contributed by atoms with van der Waals surface area (Å²) >= 11 is 1.58. The first-order chi connectivity index (χ1) is 14.5. The van der Waals surface area contributed by atoms with Crippen LogP contribution in [0.1, 0.15) is 40.2 Å². The number of ether oxygens (including phenoxy) is 1. The van der Waals surface area contributed by atoms with E-state index in [9.17, 15) is 4.79 Å². The van der Waals surface area contributed by atoms with Crippen molar-refractivity contribution < 1.29 is 9.53 Å². The quantitative estimate of drug-likeness (QED) is 0.480. The lowest BCUT2D eigenvalue weighted by atomic mass is 10.1. The van der Waals surface area contributed by atoms with Gasteiger partial charge in [0.2, 0.25) is 0 Å². The maximum atomic E-state index is 13.9. The van der Waals surface area contributed by atoms with E-state index in [1.807, 2.05) is 35.7 Å². The first kappa shape index (κ1) is 19.2. The van der Waals surface area contributed by atoms with Crippen LogP contribution in [0.3, 0.4) is 0 Å². The zero-order chi connectivity index (χ0) is 20.8. The lowest BCUT2D eigenvalue weighted by Gasteiger charge is -2.23. The Bertz CT molecular complexity index is 1210. The number of carbonyl (C=O) groups excluding carboxylic acids is 1. The van der Waals surface area contributed by atoms with Crippen molar-refractivity contribution in [3.63, 3.8) is 0 Å². The van der Waals surface area contributed by atoms with Gasteiger partial charge in [0, 0.05) is 12.8 Å². The number of amides is 1. The minimum atomic E-state index is -0.0870. The van der Waals surface area contributed by atoms with Gasteiger partial charge in [0.05, 0.1) is 28.6 Å². The van der Waals surface area contributed by atoms with Crippen molar-refractivity contribution in [1.82, 2.24) is 14.4 Å². The van der Waals surface area contributed by atoms with E-state index in [1.165, 1.54) is 5.56 Å². The molecule has 7 heteroatoms. The number of rotatable bonds is 4. The fourth-order valence-electron chi connectivity index (χ4n) is 4.10. The smallest absolute Gasteiger partial charge is 0.279 e. The molecule has 1 aromatic carbocycles. The molecule has 1 aliphatic heterocycles. The van der Waals surface area contributed by atoms with Gasteiger partial charge in [0.1, 0.15) is 11.3 Å². The Morgan fingerprint density at radius 1 is 1.20 bits per heavy atom. The van der Waals surface area contributed by atoms with Crippen LogP contribution in [-0.2, 0) is 4.74 Å². The molecule has 6 nitrogen and oxygen atoms in total. The number of imidazole rings is 1. The van der Waals surface area contributed by atoms with Crippen LogP contribution in [0, 0.1) is 20.8 Å². The molecule has 0 radical (unpaired) electrons. The van der Waals surface area contributed by atoms with Gasteiger partial charge < -0.3 is 4.74 Å². The van der Waals surface area contributed by atoms with Crippen molar-refractivity contribution in [3.05, 3.63) is 59.0 Å². The van der Waals surface area contributed by atoms with Gasteiger partial charge in [-0.3, -0.25) is 14.1 Å². The second kappa shape index (κ2) is 7.49. The summed E-state index contributed by atoms with van der Waals surface area (Å²) in [6.45, 7) is 7.28. The molecular weight excluding hydrogens is 396 g/mol. The summed E-state index contributed by atoms with van der Waals surface area (Å²) in [4.78, 5) is 25.1. The van der Waals surface area contributed by atoms with E-state index in [0.29, 0.717) is 17.4 Å². The predicted molar refractivity (Wildman–Crippen MR) is 120 cm³/mol. The molecule has 0 N–H and O–H groups in total. The number of hydrogen-bond acceptors (Lipinski definition) is 5. The highest BCUT2D eigenvalue weighted by atomic mass is 32.1. The molecule has 1 fully saturated rings. The largest absolute Gasteiger partial charge is 0.376 e. The lowest BCUT2D eigenvalue weighted by Crippen LogP contribution is -2.38. The molecule has 3 aromatic heterocycles.